The van der Waals surface area contributed by atoms with E-state index in [0.717, 1.165) is 25.3 Å². The molecule has 8 nitrogen and oxygen atoms in total. The van der Waals surface area contributed by atoms with E-state index in [1.54, 1.807) is 16.5 Å². The molecule has 0 unspecified atom stereocenters. The van der Waals surface area contributed by atoms with Crippen LogP contribution in [-0.2, 0) is 4.74 Å². The number of carboxylic acid groups (broad SMARTS) is 1. The lowest BCUT2D eigenvalue weighted by Crippen LogP contribution is -2.64. The fraction of sp³-hybridized carbons (Fsp3) is 0.368. The van der Waals surface area contributed by atoms with Gasteiger partial charge < -0.3 is 14.7 Å². The molecule has 3 aromatic rings. The first kappa shape index (κ1) is 18.2. The van der Waals surface area contributed by atoms with E-state index in [-0.39, 0.29) is 22.5 Å². The zero-order valence-corrected chi connectivity index (χ0v) is 16.1. The van der Waals surface area contributed by atoms with Crippen LogP contribution in [0.5, 0.6) is 0 Å². The lowest BCUT2D eigenvalue weighted by molar-refractivity contribution is -0.0953. The van der Waals surface area contributed by atoms with Crippen molar-refractivity contribution in [2.24, 2.45) is 0 Å². The van der Waals surface area contributed by atoms with Gasteiger partial charge in [0.05, 0.1) is 18.5 Å². The quantitative estimate of drug-likeness (QED) is 0.700. The van der Waals surface area contributed by atoms with Gasteiger partial charge in [0, 0.05) is 24.4 Å². The lowest BCUT2D eigenvalue weighted by Gasteiger charge is -2.52. The number of aromatic nitrogens is 3. The second-order valence-electron chi connectivity index (χ2n) is 7.37. The third-order valence-corrected chi connectivity index (χ3v) is 6.23. The summed E-state index contributed by atoms with van der Waals surface area (Å²) in [4.78, 5) is 34.5. The van der Waals surface area contributed by atoms with Gasteiger partial charge in [0.25, 0.3) is 0 Å². The summed E-state index contributed by atoms with van der Waals surface area (Å²) in [7, 11) is 0. The largest absolute Gasteiger partial charge is 0.477 e. The summed E-state index contributed by atoms with van der Waals surface area (Å²) in [6.07, 6.45) is 5.82. The minimum atomic E-state index is -1.38. The molecule has 0 amide bonds. The van der Waals surface area contributed by atoms with Crippen LogP contribution in [0.3, 0.4) is 0 Å². The summed E-state index contributed by atoms with van der Waals surface area (Å²) in [5, 5.41) is 11.5. The number of ether oxygens (including phenoxy) is 1. The molecule has 1 N–H and O–H groups in total. The highest BCUT2D eigenvalue weighted by Crippen LogP contribution is 2.37. The van der Waals surface area contributed by atoms with Crippen LogP contribution >= 0.6 is 11.3 Å². The van der Waals surface area contributed by atoms with Crippen LogP contribution in [-0.4, -0.2) is 50.9 Å². The maximum atomic E-state index is 14.9. The van der Waals surface area contributed by atoms with Crippen molar-refractivity contribution in [3.63, 3.8) is 0 Å². The average Bonchev–Trinajstić information content (AvgIpc) is 3.21. The van der Waals surface area contributed by atoms with E-state index in [0.29, 0.717) is 24.8 Å². The number of thiazole rings is 1. The summed E-state index contributed by atoms with van der Waals surface area (Å²) in [6.45, 7) is 1.79. The molecule has 1 spiro atoms. The standard InChI is InChI=1S/C19H17FN4O4S/c20-13-7-11-14(25)12(17(26)27)8-24(18-21-4-6-29-18)15(11)22-16(13)23-9-19(10-23)3-1-2-5-28-19/h4,6-8H,1-3,5,9-10H2,(H,26,27). The first-order chi connectivity index (χ1) is 14.0. The summed E-state index contributed by atoms with van der Waals surface area (Å²) in [5.41, 5.74) is -1.30. The lowest BCUT2D eigenvalue weighted by atomic mass is 9.86. The van der Waals surface area contributed by atoms with Gasteiger partial charge in [-0.3, -0.25) is 9.36 Å². The number of anilines is 1. The SMILES string of the molecule is O=C(O)c1cn(-c2nccs2)c2nc(N3CC4(CCCCO4)C3)c(F)cc2c1=O. The fourth-order valence-corrected chi connectivity index (χ4v) is 4.65. The first-order valence-corrected chi connectivity index (χ1v) is 10.1. The Balaban J connectivity index is 1.64. The van der Waals surface area contributed by atoms with Crippen LogP contribution in [0.25, 0.3) is 16.2 Å². The minimum Gasteiger partial charge on any atom is -0.477 e. The number of hydrogen-bond donors (Lipinski definition) is 1. The Morgan fingerprint density at radius 3 is 2.83 bits per heavy atom. The summed E-state index contributed by atoms with van der Waals surface area (Å²) >= 11 is 1.26. The molecule has 0 saturated carbocycles. The van der Waals surface area contributed by atoms with Gasteiger partial charge >= 0.3 is 5.97 Å². The molecule has 29 heavy (non-hydrogen) atoms. The smallest absolute Gasteiger partial charge is 0.341 e. The van der Waals surface area contributed by atoms with Gasteiger partial charge in [-0.25, -0.2) is 19.2 Å². The van der Waals surface area contributed by atoms with Crippen molar-refractivity contribution < 1.29 is 19.0 Å². The second-order valence-corrected chi connectivity index (χ2v) is 8.24. The van der Waals surface area contributed by atoms with Gasteiger partial charge in [-0.05, 0) is 25.3 Å². The van der Waals surface area contributed by atoms with Crippen LogP contribution in [0.15, 0.2) is 28.6 Å². The van der Waals surface area contributed by atoms with Gasteiger partial charge in [-0.1, -0.05) is 0 Å². The molecule has 0 aromatic carbocycles. The first-order valence-electron chi connectivity index (χ1n) is 9.25. The van der Waals surface area contributed by atoms with Gasteiger partial charge in [0.1, 0.15) is 11.2 Å². The molecule has 0 atom stereocenters. The van der Waals surface area contributed by atoms with Crippen molar-refractivity contribution in [1.29, 1.82) is 0 Å². The Morgan fingerprint density at radius 1 is 1.34 bits per heavy atom. The van der Waals surface area contributed by atoms with Crippen LogP contribution < -0.4 is 10.3 Å². The number of carboxylic acids is 1. The van der Waals surface area contributed by atoms with Gasteiger partial charge in [0.2, 0.25) is 5.43 Å². The Hall–Kier alpha value is -2.85. The predicted molar refractivity (Wildman–Crippen MR) is 105 cm³/mol. The highest BCUT2D eigenvalue weighted by Gasteiger charge is 2.46. The topological polar surface area (TPSA) is 97.5 Å². The summed E-state index contributed by atoms with van der Waals surface area (Å²) < 4.78 is 22.2. The average molecular weight is 416 g/mol. The Bertz CT molecular complexity index is 1160. The normalized spacial score (nSPS) is 18.2. The summed E-state index contributed by atoms with van der Waals surface area (Å²) in [6, 6.07) is 1.07. The van der Waals surface area contributed by atoms with E-state index in [1.165, 1.54) is 22.1 Å². The molecular weight excluding hydrogens is 399 g/mol. The van der Waals surface area contributed by atoms with Crippen molar-refractivity contribution in [1.82, 2.24) is 14.5 Å². The number of rotatable bonds is 3. The van der Waals surface area contributed by atoms with Gasteiger partial charge in [-0.15, -0.1) is 11.3 Å². The fourth-order valence-electron chi connectivity index (χ4n) is 4.03. The molecule has 0 bridgehead atoms. The number of hydrogen-bond acceptors (Lipinski definition) is 7. The highest BCUT2D eigenvalue weighted by atomic mass is 32.1. The maximum absolute atomic E-state index is 14.9. The number of fused-ring (bicyclic) bond motifs is 1. The molecule has 2 saturated heterocycles. The van der Waals surface area contributed by atoms with Crippen molar-refractivity contribution >= 4 is 34.2 Å². The molecule has 5 rings (SSSR count). The van der Waals surface area contributed by atoms with Crippen molar-refractivity contribution in [3.8, 4) is 5.13 Å². The van der Waals surface area contributed by atoms with E-state index in [4.69, 9.17) is 4.74 Å². The molecule has 0 radical (unpaired) electrons. The molecule has 2 aliphatic heterocycles. The van der Waals surface area contributed by atoms with Gasteiger partial charge in [-0.2, -0.15) is 0 Å². The number of carbonyl (C=O) groups is 1. The minimum absolute atomic E-state index is 0.0921. The number of nitrogens with zero attached hydrogens (tertiary/aromatic N) is 4. The predicted octanol–water partition coefficient (Wildman–Crippen LogP) is 2.44. The third kappa shape index (κ3) is 2.90. The Kier molecular flexibility index (Phi) is 4.14. The molecule has 10 heteroatoms. The van der Waals surface area contributed by atoms with E-state index in [9.17, 15) is 19.1 Å². The number of pyridine rings is 2. The maximum Gasteiger partial charge on any atom is 0.341 e. The zero-order valence-electron chi connectivity index (χ0n) is 15.3. The van der Waals surface area contributed by atoms with Crippen LogP contribution in [0, 0.1) is 5.82 Å². The van der Waals surface area contributed by atoms with E-state index in [2.05, 4.69) is 9.97 Å². The Morgan fingerprint density at radius 2 is 2.17 bits per heavy atom. The van der Waals surface area contributed by atoms with Crippen molar-refractivity contribution in [3.05, 3.63) is 45.4 Å². The number of halogens is 1. The van der Waals surface area contributed by atoms with Crippen LogP contribution in [0.1, 0.15) is 29.6 Å². The van der Waals surface area contributed by atoms with Crippen molar-refractivity contribution in [2.75, 3.05) is 24.6 Å². The molecule has 150 valence electrons. The third-order valence-electron chi connectivity index (χ3n) is 5.46. The summed E-state index contributed by atoms with van der Waals surface area (Å²) in [5.74, 6) is -1.91. The van der Waals surface area contributed by atoms with E-state index >= 15 is 0 Å². The molecule has 2 fully saturated rings. The molecule has 3 aromatic heterocycles. The zero-order chi connectivity index (χ0) is 20.2. The van der Waals surface area contributed by atoms with Crippen LogP contribution in [0.2, 0.25) is 0 Å². The van der Waals surface area contributed by atoms with Crippen molar-refractivity contribution in [2.45, 2.75) is 24.9 Å². The Labute approximate surface area is 168 Å². The molecule has 5 heterocycles. The van der Waals surface area contributed by atoms with Gasteiger partial charge in [0.15, 0.2) is 22.4 Å². The molecular formula is C19H17FN4O4S. The van der Waals surface area contributed by atoms with E-state index in [1.807, 2.05) is 0 Å². The molecule has 0 aliphatic carbocycles. The number of aromatic carboxylic acids is 1. The monoisotopic (exact) mass is 416 g/mol. The molecule has 2 aliphatic rings. The second kappa shape index (κ2) is 6.60. The van der Waals surface area contributed by atoms with Crippen LogP contribution in [0.4, 0.5) is 10.2 Å². The van der Waals surface area contributed by atoms with E-state index < -0.39 is 22.8 Å². The highest BCUT2D eigenvalue weighted by molar-refractivity contribution is 7.12.